The van der Waals surface area contributed by atoms with Gasteiger partial charge in [-0.1, -0.05) is 25.7 Å². The molecule has 0 aromatic heterocycles. The second-order valence-corrected chi connectivity index (χ2v) is 4.92. The predicted molar refractivity (Wildman–Crippen MR) is 55.5 cm³/mol. The Labute approximate surface area is 86.3 Å². The molecule has 0 saturated heterocycles. The summed E-state index contributed by atoms with van der Waals surface area (Å²) in [5.74, 6) is -0.136. The number of alkyl halides is 1. The summed E-state index contributed by atoms with van der Waals surface area (Å²) >= 11 is 0. The first-order chi connectivity index (χ1) is 6.55. The highest BCUT2D eigenvalue weighted by Gasteiger charge is 2.35. The molecule has 0 N–H and O–H groups in total. The Morgan fingerprint density at radius 2 is 1.71 bits per heavy atom. The molecule has 0 aromatic rings. The number of halogens is 1. The summed E-state index contributed by atoms with van der Waals surface area (Å²) in [7, 11) is 0. The monoisotopic (exact) mass is 197 g/mol. The molecule has 0 aliphatic heterocycles. The smallest absolute Gasteiger partial charge is 0.121 e. The summed E-state index contributed by atoms with van der Waals surface area (Å²) in [5, 5.41) is 9.02. The quantitative estimate of drug-likeness (QED) is 0.617. The first kappa shape index (κ1) is 11.5. The number of nitrogens with zero attached hydrogens (tertiary/aromatic N) is 1. The predicted octanol–water partition coefficient (Wildman–Crippen LogP) is 3.84. The van der Waals surface area contributed by atoms with Gasteiger partial charge in [0.2, 0.25) is 0 Å². The highest BCUT2D eigenvalue weighted by Crippen LogP contribution is 2.36. The minimum absolute atomic E-state index is 0.280. The summed E-state index contributed by atoms with van der Waals surface area (Å²) < 4.78 is 13.7. The van der Waals surface area contributed by atoms with Crippen LogP contribution in [0.25, 0.3) is 0 Å². The molecule has 1 fully saturated rings. The Morgan fingerprint density at radius 1 is 1.21 bits per heavy atom. The lowest BCUT2D eigenvalue weighted by atomic mass is 9.78. The van der Waals surface area contributed by atoms with Crippen molar-refractivity contribution in [3.8, 4) is 6.07 Å². The van der Waals surface area contributed by atoms with Gasteiger partial charge < -0.3 is 0 Å². The molecule has 1 unspecified atom stereocenters. The summed E-state index contributed by atoms with van der Waals surface area (Å²) in [6, 6.07) is 2.16. The van der Waals surface area contributed by atoms with Crippen molar-refractivity contribution in [1.29, 1.82) is 5.26 Å². The largest absolute Gasteiger partial charge is 0.243 e. The van der Waals surface area contributed by atoms with Gasteiger partial charge in [0.25, 0.3) is 0 Å². The molecule has 1 nitrogen and oxygen atoms in total. The maximum atomic E-state index is 13.7. The fraction of sp³-hybridized carbons (Fsp3) is 0.917. The topological polar surface area (TPSA) is 23.8 Å². The number of hydrogen-bond donors (Lipinski definition) is 0. The van der Waals surface area contributed by atoms with Gasteiger partial charge in [-0.05, 0) is 32.6 Å². The van der Waals surface area contributed by atoms with Gasteiger partial charge in [-0.3, -0.25) is 0 Å². The van der Waals surface area contributed by atoms with E-state index in [0.717, 1.165) is 12.8 Å². The van der Waals surface area contributed by atoms with Gasteiger partial charge in [-0.2, -0.15) is 5.26 Å². The number of rotatable bonds is 2. The normalized spacial score (nSPS) is 22.4. The van der Waals surface area contributed by atoms with Crippen LogP contribution in [0.1, 0.15) is 52.4 Å². The van der Waals surface area contributed by atoms with E-state index in [0.29, 0.717) is 0 Å². The highest BCUT2D eigenvalue weighted by molar-refractivity contribution is 4.98. The van der Waals surface area contributed by atoms with Crippen molar-refractivity contribution >= 4 is 0 Å². The lowest BCUT2D eigenvalue weighted by Crippen LogP contribution is -2.31. The zero-order valence-electron chi connectivity index (χ0n) is 9.22. The minimum Gasteiger partial charge on any atom is -0.243 e. The van der Waals surface area contributed by atoms with Crippen LogP contribution in [0.15, 0.2) is 0 Å². The molecule has 0 heterocycles. The third kappa shape index (κ3) is 2.97. The molecule has 80 valence electrons. The van der Waals surface area contributed by atoms with Crippen LogP contribution in [0.3, 0.4) is 0 Å². The fourth-order valence-corrected chi connectivity index (χ4v) is 2.46. The van der Waals surface area contributed by atoms with Crippen LogP contribution in [-0.2, 0) is 0 Å². The molecule has 1 atom stereocenters. The lowest BCUT2D eigenvalue weighted by molar-refractivity contribution is 0.109. The van der Waals surface area contributed by atoms with Gasteiger partial charge in [0.15, 0.2) is 0 Å². The van der Waals surface area contributed by atoms with Crippen LogP contribution in [0, 0.1) is 23.2 Å². The van der Waals surface area contributed by atoms with Crippen molar-refractivity contribution in [3.63, 3.8) is 0 Å². The molecular weight excluding hydrogens is 177 g/mol. The second-order valence-electron chi connectivity index (χ2n) is 4.92. The van der Waals surface area contributed by atoms with E-state index < -0.39 is 11.6 Å². The van der Waals surface area contributed by atoms with E-state index in [1.165, 1.54) is 39.5 Å². The number of hydrogen-bond acceptors (Lipinski definition) is 1. The minimum atomic E-state index is -1.34. The summed E-state index contributed by atoms with van der Waals surface area (Å²) in [6.45, 7) is 3.07. The van der Waals surface area contributed by atoms with E-state index >= 15 is 0 Å². The summed E-state index contributed by atoms with van der Waals surface area (Å²) in [4.78, 5) is 0. The van der Waals surface area contributed by atoms with Crippen molar-refractivity contribution in [2.24, 2.45) is 11.8 Å². The molecule has 14 heavy (non-hydrogen) atoms. The van der Waals surface area contributed by atoms with Gasteiger partial charge >= 0.3 is 0 Å². The van der Waals surface area contributed by atoms with Gasteiger partial charge in [0.05, 0.1) is 12.0 Å². The fourth-order valence-electron chi connectivity index (χ4n) is 2.46. The molecule has 1 saturated carbocycles. The van der Waals surface area contributed by atoms with Crippen molar-refractivity contribution in [2.75, 3.05) is 0 Å². The van der Waals surface area contributed by atoms with Crippen LogP contribution in [0.5, 0.6) is 0 Å². The molecule has 0 spiro atoms. The molecule has 0 aromatic carbocycles. The molecule has 0 amide bonds. The van der Waals surface area contributed by atoms with Crippen LogP contribution in [-0.4, -0.2) is 5.67 Å². The van der Waals surface area contributed by atoms with E-state index in [2.05, 4.69) is 6.07 Å². The molecule has 0 radical (unpaired) electrons. The molecule has 0 bridgehead atoms. The Morgan fingerprint density at radius 3 is 2.07 bits per heavy atom. The van der Waals surface area contributed by atoms with Crippen molar-refractivity contribution < 1.29 is 4.39 Å². The highest BCUT2D eigenvalue weighted by atomic mass is 19.1. The van der Waals surface area contributed by atoms with Crippen LogP contribution >= 0.6 is 0 Å². The van der Waals surface area contributed by atoms with E-state index in [-0.39, 0.29) is 5.92 Å². The first-order valence-corrected chi connectivity index (χ1v) is 5.64. The van der Waals surface area contributed by atoms with E-state index in [9.17, 15) is 4.39 Å². The van der Waals surface area contributed by atoms with E-state index in [1.807, 2.05) is 0 Å². The first-order valence-electron chi connectivity index (χ1n) is 5.64. The van der Waals surface area contributed by atoms with E-state index in [4.69, 9.17) is 5.26 Å². The molecule has 1 aliphatic rings. The Hall–Kier alpha value is -0.580. The molecule has 2 heteroatoms. The summed E-state index contributed by atoms with van der Waals surface area (Å²) in [5.41, 5.74) is -1.34. The van der Waals surface area contributed by atoms with Gasteiger partial charge in [0.1, 0.15) is 5.67 Å². The van der Waals surface area contributed by atoms with Crippen molar-refractivity contribution in [1.82, 2.24) is 0 Å². The Bertz CT molecular complexity index is 203. The second kappa shape index (κ2) is 4.77. The summed E-state index contributed by atoms with van der Waals surface area (Å²) in [6.07, 6.45) is 6.90. The zero-order chi connectivity index (χ0) is 10.6. The maximum Gasteiger partial charge on any atom is 0.121 e. The van der Waals surface area contributed by atoms with Gasteiger partial charge in [-0.15, -0.1) is 0 Å². The molecule has 1 aliphatic carbocycles. The SMILES string of the molecule is CC(C)(F)C(C#N)C1CCCCCC1. The van der Waals surface area contributed by atoms with Crippen molar-refractivity contribution in [3.05, 3.63) is 0 Å². The molecule has 1 rings (SSSR count). The van der Waals surface area contributed by atoms with Crippen LogP contribution < -0.4 is 0 Å². The van der Waals surface area contributed by atoms with E-state index in [1.54, 1.807) is 0 Å². The average molecular weight is 197 g/mol. The standard InChI is InChI=1S/C12H20FN/c1-12(2,13)11(9-14)10-7-5-3-4-6-8-10/h10-11H,3-8H2,1-2H3. The maximum absolute atomic E-state index is 13.7. The van der Waals surface area contributed by atoms with Crippen LogP contribution in [0.4, 0.5) is 4.39 Å². The van der Waals surface area contributed by atoms with Crippen LogP contribution in [0.2, 0.25) is 0 Å². The third-order valence-electron chi connectivity index (χ3n) is 3.25. The molecular formula is C12H20FN. The third-order valence-corrected chi connectivity index (χ3v) is 3.25. The Balaban J connectivity index is 2.64. The lowest BCUT2D eigenvalue weighted by Gasteiger charge is -2.28. The zero-order valence-corrected chi connectivity index (χ0v) is 9.22. The number of nitriles is 1. The van der Waals surface area contributed by atoms with Gasteiger partial charge in [0, 0.05) is 0 Å². The van der Waals surface area contributed by atoms with Gasteiger partial charge in [-0.25, -0.2) is 4.39 Å². The Kier molecular flexibility index (Phi) is 3.92. The average Bonchev–Trinajstić information content (AvgIpc) is 2.31. The van der Waals surface area contributed by atoms with Crippen molar-refractivity contribution in [2.45, 2.75) is 58.0 Å².